The van der Waals surface area contributed by atoms with E-state index in [0.717, 1.165) is 33.4 Å². The van der Waals surface area contributed by atoms with Gasteiger partial charge in [-0.3, -0.25) is 9.69 Å². The van der Waals surface area contributed by atoms with Crippen LogP contribution < -0.4 is 5.32 Å². The molecule has 4 aromatic carbocycles. The Kier molecular flexibility index (Phi) is 8.69. The van der Waals surface area contributed by atoms with Crippen molar-refractivity contribution in [2.75, 3.05) is 7.11 Å². The van der Waals surface area contributed by atoms with Gasteiger partial charge in [0.1, 0.15) is 6.04 Å². The number of methoxy groups -OCH3 is 1. The molecule has 0 unspecified atom stereocenters. The molecule has 5 nitrogen and oxygen atoms in total. The molecule has 4 aromatic rings. The second kappa shape index (κ2) is 12.6. The van der Waals surface area contributed by atoms with E-state index in [2.05, 4.69) is 102 Å². The SMILES string of the molecule is C=CC[C@@H](C(=O)N[C@H](C(=O)OC)C(C)C)N(Cc1ccccc1)C1(c2ccccc2)c2ccccc2-c2ccccc21. The molecule has 5 rings (SSSR count). The van der Waals surface area contributed by atoms with E-state index in [9.17, 15) is 9.59 Å². The molecular weight excluding hydrogens is 520 g/mol. The summed E-state index contributed by atoms with van der Waals surface area (Å²) < 4.78 is 5.06. The van der Waals surface area contributed by atoms with E-state index in [1.807, 2.05) is 38.1 Å². The van der Waals surface area contributed by atoms with Crippen LogP contribution in [-0.2, 0) is 26.4 Å². The molecule has 5 heteroatoms. The van der Waals surface area contributed by atoms with Gasteiger partial charge in [-0.05, 0) is 45.7 Å². The van der Waals surface area contributed by atoms with E-state index < -0.39 is 23.6 Å². The maximum atomic E-state index is 14.4. The van der Waals surface area contributed by atoms with Crippen LogP contribution in [0.1, 0.15) is 42.5 Å². The van der Waals surface area contributed by atoms with Crippen molar-refractivity contribution in [1.29, 1.82) is 0 Å². The van der Waals surface area contributed by atoms with Crippen molar-refractivity contribution >= 4 is 11.9 Å². The summed E-state index contributed by atoms with van der Waals surface area (Å²) in [4.78, 5) is 29.5. The molecule has 0 saturated carbocycles. The van der Waals surface area contributed by atoms with Crippen LogP contribution in [0.5, 0.6) is 0 Å². The van der Waals surface area contributed by atoms with Gasteiger partial charge in [0, 0.05) is 6.54 Å². The van der Waals surface area contributed by atoms with Crippen LogP contribution in [0.3, 0.4) is 0 Å². The molecule has 214 valence electrons. The Morgan fingerprint density at radius 3 is 1.88 bits per heavy atom. The molecule has 0 heterocycles. The van der Waals surface area contributed by atoms with Gasteiger partial charge in [-0.25, -0.2) is 4.79 Å². The van der Waals surface area contributed by atoms with Crippen molar-refractivity contribution in [2.45, 2.75) is 44.4 Å². The van der Waals surface area contributed by atoms with E-state index in [1.165, 1.54) is 7.11 Å². The summed E-state index contributed by atoms with van der Waals surface area (Å²) in [6, 6.07) is 36.1. The molecule has 2 atom stereocenters. The number of carbonyl (C=O) groups excluding carboxylic acids is 2. The number of nitrogens with zero attached hydrogens (tertiary/aromatic N) is 1. The van der Waals surface area contributed by atoms with Crippen LogP contribution in [0.15, 0.2) is 122 Å². The molecule has 0 fully saturated rings. The summed E-state index contributed by atoms with van der Waals surface area (Å²) in [7, 11) is 1.35. The monoisotopic (exact) mass is 558 g/mol. The van der Waals surface area contributed by atoms with Crippen molar-refractivity contribution in [2.24, 2.45) is 5.92 Å². The summed E-state index contributed by atoms with van der Waals surface area (Å²) in [6.45, 7) is 8.34. The van der Waals surface area contributed by atoms with Gasteiger partial charge in [-0.2, -0.15) is 0 Å². The lowest BCUT2D eigenvalue weighted by Gasteiger charge is -2.47. The Morgan fingerprint density at radius 2 is 1.36 bits per heavy atom. The highest BCUT2D eigenvalue weighted by molar-refractivity contribution is 5.89. The quantitative estimate of drug-likeness (QED) is 0.164. The third-order valence-electron chi connectivity index (χ3n) is 8.23. The molecule has 0 saturated heterocycles. The van der Waals surface area contributed by atoms with Gasteiger partial charge in [0.25, 0.3) is 0 Å². The number of rotatable bonds is 11. The number of ether oxygens (including phenoxy) is 1. The number of amides is 1. The second-order valence-corrected chi connectivity index (χ2v) is 11.1. The van der Waals surface area contributed by atoms with Crippen LogP contribution in [-0.4, -0.2) is 36.0 Å². The minimum absolute atomic E-state index is 0.149. The van der Waals surface area contributed by atoms with Crippen LogP contribution in [0.4, 0.5) is 0 Å². The van der Waals surface area contributed by atoms with Crippen molar-refractivity contribution in [3.8, 4) is 11.1 Å². The molecule has 0 aliphatic heterocycles. The van der Waals surface area contributed by atoms with Crippen LogP contribution >= 0.6 is 0 Å². The fourth-order valence-electron chi connectivity index (χ4n) is 6.33. The first-order chi connectivity index (χ1) is 20.4. The summed E-state index contributed by atoms with van der Waals surface area (Å²) in [5.74, 6) is -0.851. The number of hydrogen-bond donors (Lipinski definition) is 1. The molecule has 1 aliphatic carbocycles. The summed E-state index contributed by atoms with van der Waals surface area (Å²) in [6.07, 6.45) is 2.17. The van der Waals surface area contributed by atoms with E-state index in [1.54, 1.807) is 6.08 Å². The van der Waals surface area contributed by atoms with E-state index in [-0.39, 0.29) is 11.8 Å². The largest absolute Gasteiger partial charge is 0.467 e. The molecule has 1 amide bonds. The second-order valence-electron chi connectivity index (χ2n) is 11.1. The molecule has 1 N–H and O–H groups in total. The minimum Gasteiger partial charge on any atom is -0.467 e. The first kappa shape index (κ1) is 29.0. The molecule has 1 aliphatic rings. The number of nitrogens with one attached hydrogen (secondary N) is 1. The summed E-state index contributed by atoms with van der Waals surface area (Å²) in [5, 5.41) is 3.06. The normalized spacial score (nSPS) is 14.5. The zero-order chi connectivity index (χ0) is 29.7. The van der Waals surface area contributed by atoms with Crippen molar-refractivity contribution < 1.29 is 14.3 Å². The summed E-state index contributed by atoms with van der Waals surface area (Å²) in [5.41, 5.74) is 5.85. The minimum atomic E-state index is -0.798. The summed E-state index contributed by atoms with van der Waals surface area (Å²) >= 11 is 0. The first-order valence-corrected chi connectivity index (χ1v) is 14.5. The van der Waals surface area contributed by atoms with Crippen LogP contribution in [0.25, 0.3) is 11.1 Å². The van der Waals surface area contributed by atoms with E-state index in [4.69, 9.17) is 4.74 Å². The lowest BCUT2D eigenvalue weighted by atomic mass is 9.77. The number of esters is 1. The van der Waals surface area contributed by atoms with Crippen molar-refractivity contribution in [1.82, 2.24) is 10.2 Å². The van der Waals surface area contributed by atoms with Crippen molar-refractivity contribution in [3.63, 3.8) is 0 Å². The van der Waals surface area contributed by atoms with Gasteiger partial charge in [0.05, 0.1) is 18.7 Å². The van der Waals surface area contributed by atoms with Gasteiger partial charge in [-0.1, -0.05) is 129 Å². The number of hydrogen-bond acceptors (Lipinski definition) is 4. The Hall–Kier alpha value is -4.48. The number of carbonyl (C=O) groups is 2. The van der Waals surface area contributed by atoms with Gasteiger partial charge < -0.3 is 10.1 Å². The Balaban J connectivity index is 1.79. The first-order valence-electron chi connectivity index (χ1n) is 14.5. The predicted octanol–water partition coefficient (Wildman–Crippen LogP) is 6.72. The molecule has 0 spiro atoms. The highest BCUT2D eigenvalue weighted by Crippen LogP contribution is 2.55. The topological polar surface area (TPSA) is 58.6 Å². The lowest BCUT2D eigenvalue weighted by Crippen LogP contribution is -2.59. The Labute approximate surface area is 248 Å². The third-order valence-corrected chi connectivity index (χ3v) is 8.23. The standard InChI is InChI=1S/C37H38N2O3/c1-5-16-33(35(40)38-34(26(2)3)36(41)42-4)39(25-27-17-8-6-9-18-27)37(28-19-10-7-11-20-28)31-23-14-12-21-29(31)30-22-13-15-24-32(30)37/h5-15,17-24,26,33-34H,1,16,25H2,2-4H3,(H,38,40)/t33-,34-/m0/s1. The zero-order valence-corrected chi connectivity index (χ0v) is 24.5. The maximum Gasteiger partial charge on any atom is 0.328 e. The highest BCUT2D eigenvalue weighted by atomic mass is 16.5. The number of benzene rings is 4. The molecule has 42 heavy (non-hydrogen) atoms. The Bertz CT molecular complexity index is 1500. The fraction of sp³-hybridized carbons (Fsp3) is 0.243. The Morgan fingerprint density at radius 1 is 0.833 bits per heavy atom. The van der Waals surface area contributed by atoms with Gasteiger partial charge in [0.15, 0.2) is 0 Å². The van der Waals surface area contributed by atoms with Gasteiger partial charge >= 0.3 is 5.97 Å². The fourth-order valence-corrected chi connectivity index (χ4v) is 6.33. The predicted molar refractivity (Wildman–Crippen MR) is 168 cm³/mol. The lowest BCUT2D eigenvalue weighted by molar-refractivity contribution is -0.147. The molecule has 0 aromatic heterocycles. The smallest absolute Gasteiger partial charge is 0.328 e. The molecule has 0 radical (unpaired) electrons. The van der Waals surface area contributed by atoms with E-state index >= 15 is 0 Å². The van der Waals surface area contributed by atoms with Gasteiger partial charge in [-0.15, -0.1) is 6.58 Å². The van der Waals surface area contributed by atoms with Crippen LogP contribution in [0.2, 0.25) is 0 Å². The van der Waals surface area contributed by atoms with Gasteiger partial charge in [0.2, 0.25) is 5.91 Å². The third kappa shape index (κ3) is 5.17. The highest BCUT2D eigenvalue weighted by Gasteiger charge is 2.52. The maximum absolute atomic E-state index is 14.4. The van der Waals surface area contributed by atoms with Crippen LogP contribution in [0, 0.1) is 5.92 Å². The van der Waals surface area contributed by atoms with E-state index in [0.29, 0.717) is 13.0 Å². The van der Waals surface area contributed by atoms with Crippen molar-refractivity contribution in [3.05, 3.63) is 144 Å². The molecular formula is C37H38N2O3. The number of fused-ring (bicyclic) bond motifs is 3. The molecule has 0 bridgehead atoms. The average molecular weight is 559 g/mol. The average Bonchev–Trinajstić information content (AvgIpc) is 3.33. The zero-order valence-electron chi connectivity index (χ0n) is 24.5.